The Morgan fingerprint density at radius 3 is 2.64 bits per heavy atom. The fraction of sp³-hybridized carbons (Fsp3) is 1.00. The van der Waals surface area contributed by atoms with Crippen LogP contribution in [0.5, 0.6) is 0 Å². The first-order chi connectivity index (χ1) is 5.22. The highest BCUT2D eigenvalue weighted by Gasteiger charge is 2.25. The van der Waals surface area contributed by atoms with Gasteiger partial charge in [0.05, 0.1) is 6.10 Å². The van der Waals surface area contributed by atoms with E-state index in [0.29, 0.717) is 0 Å². The zero-order chi connectivity index (χ0) is 8.27. The maximum absolute atomic E-state index is 9.06. The second kappa shape index (κ2) is 4.07. The summed E-state index contributed by atoms with van der Waals surface area (Å²) in [4.78, 5) is 2.32. The molecular formula is C9H19NO. The summed E-state index contributed by atoms with van der Waals surface area (Å²) in [6.07, 6.45) is 2.50. The van der Waals surface area contributed by atoms with Crippen LogP contribution in [-0.2, 0) is 0 Å². The van der Waals surface area contributed by atoms with Gasteiger partial charge in [0.15, 0.2) is 0 Å². The van der Waals surface area contributed by atoms with Crippen molar-refractivity contribution >= 4 is 0 Å². The summed E-state index contributed by atoms with van der Waals surface area (Å²) in [7, 11) is 0. The lowest BCUT2D eigenvalue weighted by molar-refractivity contribution is 0.0437. The van der Waals surface area contributed by atoms with E-state index < -0.39 is 0 Å². The number of aliphatic hydroxyl groups excluding tert-OH is 1. The van der Waals surface area contributed by atoms with Crippen LogP contribution in [0.25, 0.3) is 0 Å². The molecule has 0 amide bonds. The van der Waals surface area contributed by atoms with Crippen LogP contribution in [0.1, 0.15) is 26.7 Å². The molecule has 0 saturated carbocycles. The molecule has 1 heterocycles. The molecule has 11 heavy (non-hydrogen) atoms. The topological polar surface area (TPSA) is 23.5 Å². The first-order valence-corrected chi connectivity index (χ1v) is 4.62. The van der Waals surface area contributed by atoms with Crippen molar-refractivity contribution in [2.75, 3.05) is 19.6 Å². The lowest BCUT2D eigenvalue weighted by Gasteiger charge is -2.39. The number of β-amino-alcohol motifs (C(OH)–C–C–N with tert-alkyl or cyclic N) is 1. The van der Waals surface area contributed by atoms with Crippen molar-refractivity contribution in [3.8, 4) is 0 Å². The Morgan fingerprint density at radius 2 is 2.18 bits per heavy atom. The number of nitrogens with zero attached hydrogens (tertiary/aromatic N) is 1. The minimum atomic E-state index is -0.155. The van der Waals surface area contributed by atoms with Crippen LogP contribution in [0, 0.1) is 5.92 Å². The molecule has 66 valence electrons. The number of likely N-dealkylation sites (tertiary alicyclic amines) is 1. The third-order valence-electron chi connectivity index (χ3n) is 2.25. The molecule has 1 fully saturated rings. The quantitative estimate of drug-likeness (QED) is 0.660. The summed E-state index contributed by atoms with van der Waals surface area (Å²) in [5.74, 6) is 0.916. The number of hydrogen-bond acceptors (Lipinski definition) is 2. The summed E-state index contributed by atoms with van der Waals surface area (Å²) in [6.45, 7) is 7.36. The third kappa shape index (κ3) is 2.80. The molecule has 1 atom stereocenters. The highest BCUT2D eigenvalue weighted by molar-refractivity contribution is 4.79. The van der Waals surface area contributed by atoms with Crippen LogP contribution in [0.4, 0.5) is 0 Å². The Balaban J connectivity index is 2.00. The lowest BCUT2D eigenvalue weighted by atomic mass is 9.95. The molecule has 0 aromatic carbocycles. The molecule has 0 aromatic rings. The zero-order valence-corrected chi connectivity index (χ0v) is 7.58. The Bertz CT molecular complexity index is 108. The number of aliphatic hydroxyl groups is 1. The van der Waals surface area contributed by atoms with E-state index in [1.165, 1.54) is 25.9 Å². The average molecular weight is 157 g/mol. The van der Waals surface area contributed by atoms with Crippen LogP contribution in [0.3, 0.4) is 0 Å². The van der Waals surface area contributed by atoms with Gasteiger partial charge in [0, 0.05) is 19.6 Å². The molecule has 1 aliphatic rings. The second-order valence-electron chi connectivity index (χ2n) is 3.72. The molecule has 1 N–H and O–H groups in total. The standard InChI is InChI=1S/C9H19NO/c1-3-4-9-6-10(7-9)5-8(2)11/h8-9,11H,3-7H2,1-2H3. The Hall–Kier alpha value is -0.0800. The third-order valence-corrected chi connectivity index (χ3v) is 2.25. The molecule has 1 rings (SSSR count). The van der Waals surface area contributed by atoms with Crippen molar-refractivity contribution in [1.29, 1.82) is 0 Å². The zero-order valence-electron chi connectivity index (χ0n) is 7.58. The summed E-state index contributed by atoms with van der Waals surface area (Å²) in [5, 5.41) is 9.06. The molecule has 0 bridgehead atoms. The summed E-state index contributed by atoms with van der Waals surface area (Å²) in [5.41, 5.74) is 0. The number of hydrogen-bond donors (Lipinski definition) is 1. The van der Waals surface area contributed by atoms with Crippen LogP contribution in [0.15, 0.2) is 0 Å². The largest absolute Gasteiger partial charge is 0.392 e. The smallest absolute Gasteiger partial charge is 0.0639 e. The van der Waals surface area contributed by atoms with Crippen molar-refractivity contribution < 1.29 is 5.11 Å². The van der Waals surface area contributed by atoms with Gasteiger partial charge < -0.3 is 10.0 Å². The molecule has 0 spiro atoms. The van der Waals surface area contributed by atoms with E-state index in [1.807, 2.05) is 6.92 Å². The normalized spacial score (nSPS) is 23.2. The van der Waals surface area contributed by atoms with E-state index in [4.69, 9.17) is 5.11 Å². The monoisotopic (exact) mass is 157 g/mol. The Kier molecular flexibility index (Phi) is 3.34. The van der Waals surface area contributed by atoms with Crippen LogP contribution in [-0.4, -0.2) is 35.7 Å². The molecule has 1 aliphatic heterocycles. The Labute approximate surface area is 69.2 Å². The van der Waals surface area contributed by atoms with Gasteiger partial charge in [0.2, 0.25) is 0 Å². The van der Waals surface area contributed by atoms with Crippen molar-refractivity contribution in [2.45, 2.75) is 32.8 Å². The van der Waals surface area contributed by atoms with Gasteiger partial charge in [-0.05, 0) is 19.3 Å². The summed E-state index contributed by atoms with van der Waals surface area (Å²) in [6, 6.07) is 0. The molecule has 1 unspecified atom stereocenters. The van der Waals surface area contributed by atoms with Gasteiger partial charge in [-0.2, -0.15) is 0 Å². The molecule has 0 aromatic heterocycles. The first-order valence-electron chi connectivity index (χ1n) is 4.62. The van der Waals surface area contributed by atoms with E-state index >= 15 is 0 Å². The first kappa shape index (κ1) is 9.01. The van der Waals surface area contributed by atoms with Crippen LogP contribution < -0.4 is 0 Å². The van der Waals surface area contributed by atoms with Crippen LogP contribution >= 0.6 is 0 Å². The van der Waals surface area contributed by atoms with Crippen LogP contribution in [0.2, 0.25) is 0 Å². The van der Waals surface area contributed by atoms with Crippen molar-refractivity contribution in [2.24, 2.45) is 5.92 Å². The minimum absolute atomic E-state index is 0.155. The van der Waals surface area contributed by atoms with Gasteiger partial charge in [-0.15, -0.1) is 0 Å². The van der Waals surface area contributed by atoms with E-state index in [9.17, 15) is 0 Å². The number of rotatable bonds is 4. The van der Waals surface area contributed by atoms with Gasteiger partial charge >= 0.3 is 0 Å². The second-order valence-corrected chi connectivity index (χ2v) is 3.72. The summed E-state index contributed by atoms with van der Waals surface area (Å²) < 4.78 is 0. The van der Waals surface area contributed by atoms with E-state index in [0.717, 1.165) is 12.5 Å². The molecule has 2 heteroatoms. The van der Waals surface area contributed by atoms with Crippen molar-refractivity contribution in [3.05, 3.63) is 0 Å². The average Bonchev–Trinajstić information content (AvgIpc) is 1.82. The van der Waals surface area contributed by atoms with Gasteiger partial charge in [0.25, 0.3) is 0 Å². The van der Waals surface area contributed by atoms with Gasteiger partial charge in [-0.1, -0.05) is 13.3 Å². The minimum Gasteiger partial charge on any atom is -0.392 e. The predicted molar refractivity (Wildman–Crippen MR) is 46.5 cm³/mol. The van der Waals surface area contributed by atoms with Gasteiger partial charge in [-0.3, -0.25) is 0 Å². The molecule has 0 aliphatic carbocycles. The lowest BCUT2D eigenvalue weighted by Crippen LogP contribution is -2.49. The maximum Gasteiger partial charge on any atom is 0.0639 e. The highest BCUT2D eigenvalue weighted by atomic mass is 16.3. The summed E-state index contributed by atoms with van der Waals surface area (Å²) >= 11 is 0. The molecular weight excluding hydrogens is 138 g/mol. The predicted octanol–water partition coefficient (Wildman–Crippen LogP) is 1.10. The fourth-order valence-corrected chi connectivity index (χ4v) is 1.79. The van der Waals surface area contributed by atoms with E-state index in [1.54, 1.807) is 0 Å². The van der Waals surface area contributed by atoms with E-state index in [-0.39, 0.29) is 6.10 Å². The van der Waals surface area contributed by atoms with Crippen molar-refractivity contribution in [1.82, 2.24) is 4.90 Å². The van der Waals surface area contributed by atoms with Gasteiger partial charge in [0.1, 0.15) is 0 Å². The van der Waals surface area contributed by atoms with Gasteiger partial charge in [-0.25, -0.2) is 0 Å². The SMILES string of the molecule is CCCC1CN(CC(C)O)C1. The Morgan fingerprint density at radius 1 is 1.55 bits per heavy atom. The molecule has 0 radical (unpaired) electrons. The molecule has 1 saturated heterocycles. The maximum atomic E-state index is 9.06. The molecule has 2 nitrogen and oxygen atoms in total. The highest BCUT2D eigenvalue weighted by Crippen LogP contribution is 2.19. The van der Waals surface area contributed by atoms with E-state index in [2.05, 4.69) is 11.8 Å². The fourth-order valence-electron chi connectivity index (χ4n) is 1.79. The van der Waals surface area contributed by atoms with Crippen molar-refractivity contribution in [3.63, 3.8) is 0 Å².